The van der Waals surface area contributed by atoms with E-state index in [1.807, 2.05) is 18.5 Å². The zero-order valence-corrected chi connectivity index (χ0v) is 14.0. The molecule has 0 aliphatic heterocycles. The number of fused-ring (bicyclic) bond motifs is 1. The zero-order valence-electron chi connectivity index (χ0n) is 14.0. The average molecular weight is 293 g/mol. The molecule has 2 aromatic heterocycles. The van der Waals surface area contributed by atoms with Gasteiger partial charge in [0.25, 0.3) is 0 Å². The fourth-order valence-corrected chi connectivity index (χ4v) is 2.70. The van der Waals surface area contributed by atoms with Gasteiger partial charge in [0.2, 0.25) is 0 Å². The molecule has 0 atom stereocenters. The Labute approximate surface area is 132 Å². The molecule has 3 nitrogen and oxygen atoms in total. The fraction of sp³-hybridized carbons (Fsp3) is 0.316. The minimum Gasteiger partial charge on any atom is -0.370 e. The van der Waals surface area contributed by atoms with Crippen molar-refractivity contribution in [1.82, 2.24) is 9.38 Å². The topological polar surface area (TPSA) is 20.5 Å². The molecule has 3 heteroatoms. The van der Waals surface area contributed by atoms with Gasteiger partial charge in [-0.15, -0.1) is 0 Å². The van der Waals surface area contributed by atoms with E-state index in [2.05, 4.69) is 79.4 Å². The molecule has 0 spiro atoms. The Morgan fingerprint density at radius 1 is 1.09 bits per heavy atom. The fourth-order valence-electron chi connectivity index (χ4n) is 2.70. The molecule has 114 valence electrons. The molecule has 0 N–H and O–H groups in total. The van der Waals surface area contributed by atoms with E-state index < -0.39 is 0 Å². The number of aryl methyl sites for hydroxylation is 1. The van der Waals surface area contributed by atoms with Gasteiger partial charge in [-0.05, 0) is 57.5 Å². The lowest BCUT2D eigenvalue weighted by Crippen LogP contribution is -2.38. The van der Waals surface area contributed by atoms with E-state index in [9.17, 15) is 0 Å². The first-order valence-corrected chi connectivity index (χ1v) is 7.65. The van der Waals surface area contributed by atoms with Crippen LogP contribution in [-0.4, -0.2) is 22.0 Å². The second-order valence-electron chi connectivity index (χ2n) is 6.80. The largest absolute Gasteiger partial charge is 0.370 e. The average Bonchev–Trinajstić information content (AvgIpc) is 2.94. The standard InChI is InChI=1S/C19H23N3/c1-14-13-15(21(5)19(2,3)4)9-10-16(14)17-7-6-8-18-20-11-12-22(17)18/h6-13H,1-5H3. The van der Waals surface area contributed by atoms with Crippen LogP contribution in [-0.2, 0) is 0 Å². The molecule has 0 bridgehead atoms. The first kappa shape index (κ1) is 14.6. The summed E-state index contributed by atoms with van der Waals surface area (Å²) in [4.78, 5) is 6.67. The molecule has 0 aliphatic carbocycles. The molecular weight excluding hydrogens is 270 g/mol. The van der Waals surface area contributed by atoms with Gasteiger partial charge in [0, 0.05) is 36.2 Å². The highest BCUT2D eigenvalue weighted by molar-refractivity contribution is 5.70. The van der Waals surface area contributed by atoms with Gasteiger partial charge in [0.15, 0.2) is 0 Å². The lowest BCUT2D eigenvalue weighted by atomic mass is 10.0. The summed E-state index contributed by atoms with van der Waals surface area (Å²) < 4.78 is 2.13. The van der Waals surface area contributed by atoms with Crippen LogP contribution in [0.25, 0.3) is 16.9 Å². The van der Waals surface area contributed by atoms with Crippen molar-refractivity contribution in [2.24, 2.45) is 0 Å². The summed E-state index contributed by atoms with van der Waals surface area (Å²) >= 11 is 0. The number of hydrogen-bond acceptors (Lipinski definition) is 2. The summed E-state index contributed by atoms with van der Waals surface area (Å²) in [6.45, 7) is 8.85. The van der Waals surface area contributed by atoms with E-state index in [4.69, 9.17) is 0 Å². The Kier molecular flexibility index (Phi) is 3.44. The Morgan fingerprint density at radius 3 is 2.55 bits per heavy atom. The maximum absolute atomic E-state index is 4.37. The Hall–Kier alpha value is -2.29. The van der Waals surface area contributed by atoms with Gasteiger partial charge in [-0.1, -0.05) is 12.1 Å². The van der Waals surface area contributed by atoms with Gasteiger partial charge < -0.3 is 4.90 Å². The highest BCUT2D eigenvalue weighted by Gasteiger charge is 2.18. The molecular formula is C19H23N3. The smallest absolute Gasteiger partial charge is 0.137 e. The molecule has 0 fully saturated rings. The summed E-state index contributed by atoms with van der Waals surface area (Å²) in [5.41, 5.74) is 6.03. The summed E-state index contributed by atoms with van der Waals surface area (Å²) in [5.74, 6) is 0. The van der Waals surface area contributed by atoms with E-state index in [-0.39, 0.29) is 5.54 Å². The number of nitrogens with zero attached hydrogens (tertiary/aromatic N) is 3. The first-order valence-electron chi connectivity index (χ1n) is 7.65. The molecule has 1 aromatic carbocycles. The maximum atomic E-state index is 4.37. The van der Waals surface area contributed by atoms with Crippen LogP contribution in [0.15, 0.2) is 48.8 Å². The van der Waals surface area contributed by atoms with Crippen molar-refractivity contribution in [3.8, 4) is 11.3 Å². The Balaban J connectivity index is 2.08. The molecule has 3 aromatic rings. The van der Waals surface area contributed by atoms with Crippen LogP contribution in [0.4, 0.5) is 5.69 Å². The molecule has 22 heavy (non-hydrogen) atoms. The van der Waals surface area contributed by atoms with E-state index in [0.717, 1.165) is 5.65 Å². The van der Waals surface area contributed by atoms with Gasteiger partial charge >= 0.3 is 0 Å². The van der Waals surface area contributed by atoms with Crippen molar-refractivity contribution >= 4 is 11.3 Å². The number of pyridine rings is 1. The molecule has 0 amide bonds. The highest BCUT2D eigenvalue weighted by Crippen LogP contribution is 2.29. The second-order valence-corrected chi connectivity index (χ2v) is 6.80. The minimum absolute atomic E-state index is 0.109. The molecule has 0 aliphatic rings. The second kappa shape index (κ2) is 5.16. The van der Waals surface area contributed by atoms with Crippen LogP contribution in [0.5, 0.6) is 0 Å². The highest BCUT2D eigenvalue weighted by atomic mass is 15.2. The van der Waals surface area contributed by atoms with Crippen molar-refractivity contribution in [3.05, 3.63) is 54.4 Å². The van der Waals surface area contributed by atoms with Gasteiger partial charge in [-0.3, -0.25) is 4.40 Å². The van der Waals surface area contributed by atoms with E-state index in [1.54, 1.807) is 0 Å². The van der Waals surface area contributed by atoms with Crippen LogP contribution in [0.2, 0.25) is 0 Å². The predicted molar refractivity (Wildman–Crippen MR) is 93.5 cm³/mol. The van der Waals surface area contributed by atoms with Crippen LogP contribution in [0.1, 0.15) is 26.3 Å². The number of anilines is 1. The van der Waals surface area contributed by atoms with Crippen molar-refractivity contribution in [1.29, 1.82) is 0 Å². The number of hydrogen-bond donors (Lipinski definition) is 0. The SMILES string of the molecule is Cc1cc(N(C)C(C)(C)C)ccc1-c1cccc2nccn12. The summed E-state index contributed by atoms with van der Waals surface area (Å²) in [6.07, 6.45) is 3.86. The lowest BCUT2D eigenvalue weighted by molar-refractivity contribution is 0.538. The molecule has 2 heterocycles. The third-order valence-electron chi connectivity index (χ3n) is 4.31. The summed E-state index contributed by atoms with van der Waals surface area (Å²) in [7, 11) is 2.14. The summed E-state index contributed by atoms with van der Waals surface area (Å²) in [5, 5.41) is 0. The summed E-state index contributed by atoms with van der Waals surface area (Å²) in [6, 6.07) is 12.9. The van der Waals surface area contributed by atoms with Crippen LogP contribution in [0, 0.1) is 6.92 Å². The van der Waals surface area contributed by atoms with Gasteiger partial charge in [0.05, 0.1) is 5.69 Å². The van der Waals surface area contributed by atoms with Crippen LogP contribution in [0.3, 0.4) is 0 Å². The molecule has 0 saturated carbocycles. The Morgan fingerprint density at radius 2 is 1.86 bits per heavy atom. The molecule has 3 rings (SSSR count). The van der Waals surface area contributed by atoms with E-state index in [0.29, 0.717) is 0 Å². The van der Waals surface area contributed by atoms with Crippen molar-refractivity contribution in [3.63, 3.8) is 0 Å². The van der Waals surface area contributed by atoms with Crippen LogP contribution < -0.4 is 4.90 Å². The van der Waals surface area contributed by atoms with Crippen molar-refractivity contribution < 1.29 is 0 Å². The quantitative estimate of drug-likeness (QED) is 0.691. The molecule has 0 unspecified atom stereocenters. The number of benzene rings is 1. The molecule has 0 radical (unpaired) electrons. The number of imidazole rings is 1. The normalized spacial score (nSPS) is 11.9. The Bertz CT molecular complexity index is 809. The lowest BCUT2D eigenvalue weighted by Gasteiger charge is -2.34. The third kappa shape index (κ3) is 2.47. The van der Waals surface area contributed by atoms with E-state index >= 15 is 0 Å². The van der Waals surface area contributed by atoms with Crippen molar-refractivity contribution in [2.75, 3.05) is 11.9 Å². The van der Waals surface area contributed by atoms with Crippen LogP contribution >= 0.6 is 0 Å². The predicted octanol–water partition coefficient (Wildman–Crippen LogP) is 4.54. The molecule has 0 saturated heterocycles. The van der Waals surface area contributed by atoms with Crippen molar-refractivity contribution in [2.45, 2.75) is 33.2 Å². The van der Waals surface area contributed by atoms with Gasteiger partial charge in [-0.25, -0.2) is 4.98 Å². The van der Waals surface area contributed by atoms with E-state index in [1.165, 1.54) is 22.5 Å². The first-order chi connectivity index (χ1) is 10.4. The van der Waals surface area contributed by atoms with Gasteiger partial charge in [0.1, 0.15) is 5.65 Å². The zero-order chi connectivity index (χ0) is 15.9. The number of rotatable bonds is 2. The third-order valence-corrected chi connectivity index (χ3v) is 4.31. The number of aromatic nitrogens is 2. The minimum atomic E-state index is 0.109. The van der Waals surface area contributed by atoms with Gasteiger partial charge in [-0.2, -0.15) is 0 Å². The maximum Gasteiger partial charge on any atom is 0.137 e. The monoisotopic (exact) mass is 293 g/mol.